The van der Waals surface area contributed by atoms with Gasteiger partial charge in [0.15, 0.2) is 5.78 Å². The second-order valence-electron chi connectivity index (χ2n) is 7.73. The number of carbonyl (C=O) groups excluding carboxylic acids is 2. The predicted molar refractivity (Wildman–Crippen MR) is 129 cm³/mol. The average molecular weight is 436 g/mol. The summed E-state index contributed by atoms with van der Waals surface area (Å²) in [5, 5.41) is 5.65. The Labute approximate surface area is 190 Å². The highest BCUT2D eigenvalue weighted by molar-refractivity contribution is 6.00. The van der Waals surface area contributed by atoms with Crippen LogP contribution in [0.3, 0.4) is 0 Å². The van der Waals surface area contributed by atoms with Crippen LogP contribution in [0.1, 0.15) is 37.0 Å². The minimum Gasteiger partial charge on any atom is -0.491 e. The highest BCUT2D eigenvalue weighted by Gasteiger charge is 2.20. The maximum atomic E-state index is 12.6. The molecule has 0 saturated heterocycles. The first-order valence-corrected chi connectivity index (χ1v) is 10.8. The number of amidine groups is 1. The van der Waals surface area contributed by atoms with Gasteiger partial charge in [-0.15, -0.1) is 0 Å². The molecule has 0 radical (unpaired) electrons. The van der Waals surface area contributed by atoms with Crippen molar-refractivity contribution in [2.75, 3.05) is 13.7 Å². The molecular weight excluding hydrogens is 402 g/mol. The number of nitrogens with one attached hydrogen (secondary N) is 2. The molecule has 2 N–H and O–H groups in total. The van der Waals surface area contributed by atoms with Gasteiger partial charge in [0, 0.05) is 13.5 Å². The van der Waals surface area contributed by atoms with Gasteiger partial charge in [0.2, 0.25) is 0 Å². The van der Waals surface area contributed by atoms with Crippen LogP contribution in [-0.2, 0) is 22.4 Å². The summed E-state index contributed by atoms with van der Waals surface area (Å²) in [5.74, 6) is 0.637. The molecule has 0 saturated carbocycles. The number of rotatable bonds is 11. The largest absolute Gasteiger partial charge is 0.491 e. The first-order chi connectivity index (χ1) is 15.3. The molecule has 2 aromatic rings. The van der Waals surface area contributed by atoms with Gasteiger partial charge in [0.1, 0.15) is 24.2 Å². The summed E-state index contributed by atoms with van der Waals surface area (Å²) in [7, 11) is 1.65. The van der Waals surface area contributed by atoms with Gasteiger partial charge in [-0.05, 0) is 43.0 Å². The minimum absolute atomic E-state index is 0.0427. The van der Waals surface area contributed by atoms with Crippen molar-refractivity contribution in [2.45, 2.75) is 46.1 Å². The number of ketones is 1. The third-order valence-corrected chi connectivity index (χ3v) is 5.03. The second kappa shape index (κ2) is 12.4. The van der Waals surface area contributed by atoms with Crippen molar-refractivity contribution in [2.24, 2.45) is 4.99 Å². The molecule has 170 valence electrons. The number of nitrogens with zero attached hydrogens (tertiary/aromatic N) is 1. The van der Waals surface area contributed by atoms with Gasteiger partial charge in [-0.2, -0.15) is 0 Å². The van der Waals surface area contributed by atoms with Crippen LogP contribution in [-0.4, -0.2) is 37.2 Å². The third-order valence-electron chi connectivity index (χ3n) is 5.03. The lowest BCUT2D eigenvalue weighted by molar-refractivity contribution is -0.125. The Bertz CT molecular complexity index is 968. The molecule has 0 spiro atoms. The van der Waals surface area contributed by atoms with Crippen molar-refractivity contribution in [3.63, 3.8) is 0 Å². The lowest BCUT2D eigenvalue weighted by atomic mass is 10.1. The molecule has 6 nitrogen and oxygen atoms in total. The average Bonchev–Trinajstić information content (AvgIpc) is 2.77. The normalized spacial score (nSPS) is 12.1. The van der Waals surface area contributed by atoms with Crippen LogP contribution < -0.4 is 15.4 Å². The first kappa shape index (κ1) is 24.9. The van der Waals surface area contributed by atoms with E-state index in [9.17, 15) is 9.59 Å². The molecule has 0 aliphatic heterocycles. The van der Waals surface area contributed by atoms with Crippen LogP contribution in [0.5, 0.6) is 5.75 Å². The van der Waals surface area contributed by atoms with Crippen LogP contribution in [0.4, 0.5) is 0 Å². The topological polar surface area (TPSA) is 79.8 Å². The van der Waals surface area contributed by atoms with E-state index in [2.05, 4.69) is 35.2 Å². The van der Waals surface area contributed by atoms with Crippen LogP contribution >= 0.6 is 0 Å². The number of aliphatic imine (C=N–C) groups is 1. The third kappa shape index (κ3) is 7.69. The molecule has 6 heteroatoms. The molecule has 0 fully saturated rings. The van der Waals surface area contributed by atoms with Crippen molar-refractivity contribution in [3.05, 3.63) is 77.5 Å². The molecule has 1 amide bonds. The Balaban J connectivity index is 1.94. The summed E-state index contributed by atoms with van der Waals surface area (Å²) >= 11 is 0. The van der Waals surface area contributed by atoms with E-state index in [-0.39, 0.29) is 18.1 Å². The molecular formula is C26H33N3O3. The number of benzene rings is 2. The Kier molecular flexibility index (Phi) is 9.67. The number of amides is 1. The maximum Gasteiger partial charge on any atom is 0.267 e. The molecule has 32 heavy (non-hydrogen) atoms. The fourth-order valence-corrected chi connectivity index (χ4v) is 3.20. The monoisotopic (exact) mass is 435 g/mol. The lowest BCUT2D eigenvalue weighted by Crippen LogP contribution is -2.46. The maximum absolute atomic E-state index is 12.6. The van der Waals surface area contributed by atoms with E-state index < -0.39 is 11.9 Å². The zero-order valence-electron chi connectivity index (χ0n) is 19.4. The quantitative estimate of drug-likeness (QED) is 0.320. The molecule has 0 heterocycles. The summed E-state index contributed by atoms with van der Waals surface area (Å²) in [6, 6.07) is 15.0. The first-order valence-electron chi connectivity index (χ1n) is 10.8. The molecule has 2 aromatic carbocycles. The van der Waals surface area contributed by atoms with E-state index in [1.54, 1.807) is 7.05 Å². The summed E-state index contributed by atoms with van der Waals surface area (Å²) in [5.41, 5.74) is 3.43. The summed E-state index contributed by atoms with van der Waals surface area (Å²) < 4.78 is 5.85. The summed E-state index contributed by atoms with van der Waals surface area (Å²) in [6.07, 6.45) is 2.62. The van der Waals surface area contributed by atoms with Gasteiger partial charge in [0.05, 0.1) is 5.70 Å². The van der Waals surface area contributed by atoms with Gasteiger partial charge < -0.3 is 15.4 Å². The molecule has 0 aromatic heterocycles. The summed E-state index contributed by atoms with van der Waals surface area (Å²) in [6.45, 7) is 9.38. The predicted octanol–water partition coefficient (Wildman–Crippen LogP) is 3.77. The van der Waals surface area contributed by atoms with Crippen molar-refractivity contribution < 1.29 is 14.3 Å². The van der Waals surface area contributed by atoms with Gasteiger partial charge in [-0.25, -0.2) is 0 Å². The SMILES string of the molecule is C=C(NC(Cc1ccccc1)=NC)C(=O)N[C@@H](COc1ccc(CCC)cc1C)C(C)=O. The smallest absolute Gasteiger partial charge is 0.267 e. The number of hydrogen-bond acceptors (Lipinski definition) is 4. The van der Waals surface area contributed by atoms with E-state index >= 15 is 0 Å². The van der Waals surface area contributed by atoms with Crippen molar-refractivity contribution in [3.8, 4) is 5.75 Å². The Hall–Kier alpha value is -3.41. The number of ether oxygens (including phenoxy) is 1. The molecule has 2 rings (SSSR count). The zero-order chi connectivity index (χ0) is 23.5. The van der Waals surface area contributed by atoms with Crippen LogP contribution in [0, 0.1) is 6.92 Å². The Morgan fingerprint density at radius 3 is 2.44 bits per heavy atom. The highest BCUT2D eigenvalue weighted by Crippen LogP contribution is 2.20. The van der Waals surface area contributed by atoms with Gasteiger partial charge in [-0.3, -0.25) is 14.6 Å². The van der Waals surface area contributed by atoms with E-state index in [1.807, 2.05) is 49.4 Å². The lowest BCUT2D eigenvalue weighted by Gasteiger charge is -2.19. The van der Waals surface area contributed by atoms with Crippen LogP contribution in [0.2, 0.25) is 0 Å². The number of Topliss-reactive ketones (excluding diaryl/α,β-unsaturated/α-hetero) is 1. The molecule has 0 unspecified atom stereocenters. The van der Waals surface area contributed by atoms with Crippen molar-refractivity contribution in [1.82, 2.24) is 10.6 Å². The number of carbonyl (C=O) groups is 2. The van der Waals surface area contributed by atoms with Gasteiger partial charge in [0.25, 0.3) is 5.91 Å². The molecule has 0 aliphatic carbocycles. The van der Waals surface area contributed by atoms with Gasteiger partial charge in [-0.1, -0.05) is 62.4 Å². The standard InChI is InChI=1S/C26H33N3O3/c1-6-10-21-13-14-24(18(2)15-21)32-17-23(20(4)30)29-26(31)19(3)28-25(27-5)16-22-11-8-7-9-12-22/h7-9,11-15,23H,3,6,10,16-17H2,1-2,4-5H3,(H,27,28)(H,29,31)/t23-/m0/s1. The van der Waals surface area contributed by atoms with Gasteiger partial charge >= 0.3 is 0 Å². The van der Waals surface area contributed by atoms with E-state index in [0.29, 0.717) is 18.0 Å². The number of hydrogen-bond donors (Lipinski definition) is 2. The van der Waals surface area contributed by atoms with E-state index in [4.69, 9.17) is 4.74 Å². The fraction of sp³-hybridized carbons (Fsp3) is 0.346. The Morgan fingerprint density at radius 2 is 1.84 bits per heavy atom. The van der Waals surface area contributed by atoms with E-state index in [0.717, 1.165) is 24.0 Å². The second-order valence-corrected chi connectivity index (χ2v) is 7.73. The van der Waals surface area contributed by atoms with Crippen LogP contribution in [0.15, 0.2) is 65.8 Å². The zero-order valence-corrected chi connectivity index (χ0v) is 19.4. The van der Waals surface area contributed by atoms with E-state index in [1.165, 1.54) is 12.5 Å². The summed E-state index contributed by atoms with van der Waals surface area (Å²) in [4.78, 5) is 28.9. The van der Waals surface area contributed by atoms with Crippen molar-refractivity contribution in [1.29, 1.82) is 0 Å². The molecule has 0 bridgehead atoms. The molecule has 1 atom stereocenters. The Morgan fingerprint density at radius 1 is 1.12 bits per heavy atom. The van der Waals surface area contributed by atoms with Crippen molar-refractivity contribution >= 4 is 17.5 Å². The number of aryl methyl sites for hydroxylation is 2. The minimum atomic E-state index is -0.785. The fourth-order valence-electron chi connectivity index (χ4n) is 3.20. The van der Waals surface area contributed by atoms with Crippen LogP contribution in [0.25, 0.3) is 0 Å². The molecule has 0 aliphatic rings. The highest BCUT2D eigenvalue weighted by atomic mass is 16.5.